The molecule has 128 valence electrons. The maximum Gasteiger partial charge on any atom is 0.308 e. The molecule has 1 fully saturated rings. The molecule has 4 rings (SSSR count). The second-order valence-corrected chi connectivity index (χ2v) is 6.42. The zero-order valence-corrected chi connectivity index (χ0v) is 14.3. The Morgan fingerprint density at radius 1 is 1.08 bits per heavy atom. The van der Waals surface area contributed by atoms with E-state index in [1.807, 2.05) is 36.1 Å². The van der Waals surface area contributed by atoms with Gasteiger partial charge < -0.3 is 14.1 Å². The molecule has 0 unspecified atom stereocenters. The molecule has 5 heteroatoms. The average molecular weight is 337 g/mol. The fraction of sp³-hybridized carbons (Fsp3) is 0.300. The van der Waals surface area contributed by atoms with Crippen LogP contribution in [0.5, 0.6) is 5.75 Å². The maximum absolute atomic E-state index is 13.0. The van der Waals surface area contributed by atoms with Crippen molar-refractivity contribution in [1.29, 1.82) is 0 Å². The Bertz CT molecular complexity index is 996. The number of benzene rings is 2. The first kappa shape index (κ1) is 15.7. The highest BCUT2D eigenvalue weighted by atomic mass is 16.5. The van der Waals surface area contributed by atoms with Crippen LogP contribution in [-0.4, -0.2) is 29.9 Å². The number of hydrogen-bond donors (Lipinski definition) is 0. The molecule has 5 nitrogen and oxygen atoms in total. The minimum atomic E-state index is -0.392. The van der Waals surface area contributed by atoms with Crippen molar-refractivity contribution >= 4 is 33.6 Å². The van der Waals surface area contributed by atoms with Crippen molar-refractivity contribution < 1.29 is 18.7 Å². The third kappa shape index (κ3) is 2.56. The number of fused-ring (bicyclic) bond motifs is 3. The summed E-state index contributed by atoms with van der Waals surface area (Å²) < 4.78 is 11.4. The summed E-state index contributed by atoms with van der Waals surface area (Å²) in [4.78, 5) is 26.3. The van der Waals surface area contributed by atoms with Crippen molar-refractivity contribution in [3.05, 3.63) is 41.7 Å². The van der Waals surface area contributed by atoms with Gasteiger partial charge in [-0.3, -0.25) is 9.59 Å². The second-order valence-electron chi connectivity index (χ2n) is 6.42. The molecular weight excluding hydrogens is 318 g/mol. The van der Waals surface area contributed by atoms with Gasteiger partial charge >= 0.3 is 5.97 Å². The fourth-order valence-corrected chi connectivity index (χ4v) is 3.59. The highest BCUT2D eigenvalue weighted by Crippen LogP contribution is 2.38. The standard InChI is InChI=1S/C20H19NO4/c1-12-18(20(23)21-9-5-6-10-21)16-11-17(25-13(2)22)14-7-3-4-8-15(14)19(16)24-12/h3-4,7-8,11H,5-6,9-10H2,1-2H3. The molecule has 1 aliphatic heterocycles. The quantitative estimate of drug-likeness (QED) is 0.523. The molecule has 1 amide bonds. The molecule has 0 bridgehead atoms. The smallest absolute Gasteiger partial charge is 0.308 e. The van der Waals surface area contributed by atoms with Crippen molar-refractivity contribution in [2.24, 2.45) is 0 Å². The van der Waals surface area contributed by atoms with Crippen LogP contribution in [0, 0.1) is 6.92 Å². The monoisotopic (exact) mass is 337 g/mol. The lowest BCUT2D eigenvalue weighted by Gasteiger charge is -2.15. The number of rotatable bonds is 2. The van der Waals surface area contributed by atoms with Gasteiger partial charge in [-0.1, -0.05) is 24.3 Å². The van der Waals surface area contributed by atoms with Crippen molar-refractivity contribution in [2.75, 3.05) is 13.1 Å². The molecule has 25 heavy (non-hydrogen) atoms. The van der Waals surface area contributed by atoms with Crippen LogP contribution >= 0.6 is 0 Å². The number of aryl methyl sites for hydroxylation is 1. The van der Waals surface area contributed by atoms with E-state index in [4.69, 9.17) is 9.15 Å². The molecule has 3 aromatic rings. The van der Waals surface area contributed by atoms with Gasteiger partial charge in [-0.25, -0.2) is 0 Å². The molecule has 1 aromatic heterocycles. The maximum atomic E-state index is 13.0. The number of carbonyl (C=O) groups is 2. The highest BCUT2D eigenvalue weighted by molar-refractivity contribution is 6.16. The number of nitrogens with zero attached hydrogens (tertiary/aromatic N) is 1. The molecule has 0 N–H and O–H groups in total. The van der Waals surface area contributed by atoms with E-state index >= 15 is 0 Å². The zero-order chi connectivity index (χ0) is 17.6. The Morgan fingerprint density at radius 2 is 1.76 bits per heavy atom. The van der Waals surface area contributed by atoms with E-state index in [2.05, 4.69) is 0 Å². The van der Waals surface area contributed by atoms with Crippen LogP contribution in [0.4, 0.5) is 0 Å². The van der Waals surface area contributed by atoms with Gasteiger partial charge in [0.25, 0.3) is 5.91 Å². The van der Waals surface area contributed by atoms with Crippen LogP contribution in [0.3, 0.4) is 0 Å². The SMILES string of the molecule is CC(=O)Oc1cc2c(C(=O)N3CCCC3)c(C)oc2c2ccccc12. The normalized spacial score (nSPS) is 14.4. The molecule has 0 saturated carbocycles. The lowest BCUT2D eigenvalue weighted by molar-refractivity contribution is -0.131. The van der Waals surface area contributed by atoms with Crippen molar-refractivity contribution in [1.82, 2.24) is 4.90 Å². The van der Waals surface area contributed by atoms with Gasteiger partial charge in [-0.05, 0) is 25.8 Å². The number of furan rings is 1. The summed E-state index contributed by atoms with van der Waals surface area (Å²) in [5.41, 5.74) is 1.22. The number of likely N-dealkylation sites (tertiary alicyclic amines) is 1. The third-order valence-electron chi connectivity index (χ3n) is 4.69. The number of esters is 1. The molecule has 1 aliphatic rings. The Kier molecular flexibility index (Phi) is 3.71. The predicted octanol–water partition coefficient (Wildman–Crippen LogP) is 4.06. The third-order valence-corrected chi connectivity index (χ3v) is 4.69. The van der Waals surface area contributed by atoms with Crippen LogP contribution in [0.2, 0.25) is 0 Å². The molecule has 2 heterocycles. The van der Waals surface area contributed by atoms with E-state index in [1.54, 1.807) is 6.07 Å². The topological polar surface area (TPSA) is 59.8 Å². The van der Waals surface area contributed by atoms with Crippen LogP contribution < -0.4 is 4.74 Å². The van der Waals surface area contributed by atoms with Crippen molar-refractivity contribution in [2.45, 2.75) is 26.7 Å². The minimum Gasteiger partial charge on any atom is -0.460 e. The molecule has 2 aromatic carbocycles. The first-order valence-electron chi connectivity index (χ1n) is 8.49. The number of amides is 1. The number of hydrogen-bond acceptors (Lipinski definition) is 4. The van der Waals surface area contributed by atoms with Crippen LogP contribution in [-0.2, 0) is 4.79 Å². The summed E-state index contributed by atoms with van der Waals surface area (Å²) >= 11 is 0. The van der Waals surface area contributed by atoms with Gasteiger partial charge in [0.15, 0.2) is 0 Å². The lowest BCUT2D eigenvalue weighted by atomic mass is 10.0. The molecule has 0 atom stereocenters. The van der Waals surface area contributed by atoms with Gasteiger partial charge in [0, 0.05) is 36.2 Å². The van der Waals surface area contributed by atoms with Crippen molar-refractivity contribution in [3.63, 3.8) is 0 Å². The van der Waals surface area contributed by atoms with E-state index < -0.39 is 5.97 Å². The van der Waals surface area contributed by atoms with E-state index in [9.17, 15) is 9.59 Å². The van der Waals surface area contributed by atoms with Crippen molar-refractivity contribution in [3.8, 4) is 5.75 Å². The molecule has 0 aliphatic carbocycles. The second kappa shape index (κ2) is 5.92. The van der Waals surface area contributed by atoms with Crippen LogP contribution in [0.15, 0.2) is 34.7 Å². The van der Waals surface area contributed by atoms with Gasteiger partial charge in [0.1, 0.15) is 17.1 Å². The molecular formula is C20H19NO4. The average Bonchev–Trinajstić information content (AvgIpc) is 3.22. The number of ether oxygens (including phenoxy) is 1. The fourth-order valence-electron chi connectivity index (χ4n) is 3.59. The van der Waals surface area contributed by atoms with Gasteiger partial charge in [0.2, 0.25) is 0 Å². The highest BCUT2D eigenvalue weighted by Gasteiger charge is 2.27. The molecule has 0 spiro atoms. The van der Waals surface area contributed by atoms with Gasteiger partial charge in [-0.2, -0.15) is 0 Å². The summed E-state index contributed by atoms with van der Waals surface area (Å²) in [6, 6.07) is 9.33. The lowest BCUT2D eigenvalue weighted by Crippen LogP contribution is -2.27. The summed E-state index contributed by atoms with van der Waals surface area (Å²) in [5, 5.41) is 2.32. The number of carbonyl (C=O) groups excluding carboxylic acids is 2. The first-order chi connectivity index (χ1) is 12.1. The summed E-state index contributed by atoms with van der Waals surface area (Å²) in [7, 11) is 0. The van der Waals surface area contributed by atoms with E-state index in [0.717, 1.165) is 36.7 Å². The Labute approximate surface area is 145 Å². The molecule has 0 radical (unpaired) electrons. The van der Waals surface area contributed by atoms with E-state index in [-0.39, 0.29) is 5.91 Å². The Balaban J connectivity index is 1.98. The van der Waals surface area contributed by atoms with E-state index in [0.29, 0.717) is 28.0 Å². The summed E-state index contributed by atoms with van der Waals surface area (Å²) in [5.74, 6) is 0.638. The first-order valence-corrected chi connectivity index (χ1v) is 8.49. The molecule has 1 saturated heterocycles. The summed E-state index contributed by atoms with van der Waals surface area (Å²) in [6.07, 6.45) is 2.06. The van der Waals surface area contributed by atoms with Gasteiger partial charge in [0.05, 0.1) is 5.56 Å². The van der Waals surface area contributed by atoms with E-state index in [1.165, 1.54) is 6.92 Å². The Hall–Kier alpha value is -2.82. The van der Waals surface area contributed by atoms with Gasteiger partial charge in [-0.15, -0.1) is 0 Å². The van der Waals surface area contributed by atoms with Crippen LogP contribution in [0.25, 0.3) is 21.7 Å². The summed E-state index contributed by atoms with van der Waals surface area (Å²) in [6.45, 7) is 4.73. The Morgan fingerprint density at radius 3 is 2.44 bits per heavy atom. The van der Waals surface area contributed by atoms with Crippen LogP contribution in [0.1, 0.15) is 35.9 Å². The largest absolute Gasteiger partial charge is 0.460 e. The predicted molar refractivity (Wildman–Crippen MR) is 94.9 cm³/mol. The zero-order valence-electron chi connectivity index (χ0n) is 14.3. The minimum absolute atomic E-state index is 0.0159.